The molecule has 18 heavy (non-hydrogen) atoms. The number of hydrogen-bond donors (Lipinski definition) is 0. The van der Waals surface area contributed by atoms with Gasteiger partial charge < -0.3 is 4.52 Å². The molecule has 1 unspecified atom stereocenters. The van der Waals surface area contributed by atoms with Crippen molar-refractivity contribution in [3.63, 3.8) is 0 Å². The predicted molar refractivity (Wildman–Crippen MR) is 67.8 cm³/mol. The smallest absolute Gasteiger partial charge is 0.419 e. The van der Waals surface area contributed by atoms with Crippen molar-refractivity contribution >= 4 is 12.9 Å². The highest BCUT2D eigenvalue weighted by molar-refractivity contribution is 7.63. The van der Waals surface area contributed by atoms with E-state index in [4.69, 9.17) is 9.20 Å². The molecule has 0 saturated carbocycles. The predicted octanol–water partition coefficient (Wildman–Crippen LogP) is 3.14. The SMILES string of the molecule is COOP1(=O)Oc2ccccc2-c2ccccc21. The lowest BCUT2D eigenvalue weighted by Gasteiger charge is -2.26. The molecule has 1 aliphatic rings. The summed E-state index contributed by atoms with van der Waals surface area (Å²) >= 11 is 0. The minimum atomic E-state index is -3.46. The van der Waals surface area contributed by atoms with Gasteiger partial charge in [0.1, 0.15) is 5.75 Å². The van der Waals surface area contributed by atoms with Crippen molar-refractivity contribution in [3.8, 4) is 16.9 Å². The highest BCUT2D eigenvalue weighted by Gasteiger charge is 2.38. The summed E-state index contributed by atoms with van der Waals surface area (Å²) in [7, 11) is -2.15. The second-order valence-electron chi connectivity index (χ2n) is 3.84. The van der Waals surface area contributed by atoms with Gasteiger partial charge in [0.05, 0.1) is 12.4 Å². The Morgan fingerprint density at radius 3 is 2.44 bits per heavy atom. The summed E-state index contributed by atoms with van der Waals surface area (Å²) in [5.41, 5.74) is 1.75. The molecule has 0 fully saturated rings. The molecule has 0 saturated heterocycles. The Bertz CT molecular complexity index is 638. The van der Waals surface area contributed by atoms with Crippen LogP contribution in [0.5, 0.6) is 5.75 Å². The molecule has 0 aliphatic carbocycles. The van der Waals surface area contributed by atoms with Crippen molar-refractivity contribution in [2.75, 3.05) is 7.11 Å². The molecule has 1 aliphatic heterocycles. The number of benzene rings is 2. The summed E-state index contributed by atoms with van der Waals surface area (Å²) in [5.74, 6) is 0.539. The summed E-state index contributed by atoms with van der Waals surface area (Å²) in [5, 5.41) is 0.519. The van der Waals surface area contributed by atoms with E-state index in [1.807, 2.05) is 30.3 Å². The lowest BCUT2D eigenvalue weighted by atomic mass is 10.0. The van der Waals surface area contributed by atoms with E-state index in [0.29, 0.717) is 11.1 Å². The van der Waals surface area contributed by atoms with Crippen LogP contribution in [0.25, 0.3) is 11.1 Å². The highest BCUT2D eigenvalue weighted by atomic mass is 31.2. The fourth-order valence-corrected chi connectivity index (χ4v) is 3.62. The van der Waals surface area contributed by atoms with Crippen LogP contribution in [0.2, 0.25) is 0 Å². The van der Waals surface area contributed by atoms with Crippen LogP contribution in [0.15, 0.2) is 48.5 Å². The lowest BCUT2D eigenvalue weighted by Crippen LogP contribution is -2.19. The van der Waals surface area contributed by atoms with Crippen molar-refractivity contribution in [2.45, 2.75) is 0 Å². The summed E-state index contributed by atoms with van der Waals surface area (Å²) in [6.07, 6.45) is 0. The number of hydrogen-bond acceptors (Lipinski definition) is 4. The Morgan fingerprint density at radius 1 is 1.00 bits per heavy atom. The van der Waals surface area contributed by atoms with Gasteiger partial charge in [-0.3, -0.25) is 0 Å². The first kappa shape index (κ1) is 11.5. The van der Waals surface area contributed by atoms with Crippen LogP contribution in [-0.4, -0.2) is 7.11 Å². The van der Waals surface area contributed by atoms with Crippen molar-refractivity contribution in [2.24, 2.45) is 0 Å². The van der Waals surface area contributed by atoms with Crippen molar-refractivity contribution in [1.29, 1.82) is 0 Å². The first-order valence-electron chi connectivity index (χ1n) is 5.46. The number of fused-ring (bicyclic) bond motifs is 3. The van der Waals surface area contributed by atoms with Crippen LogP contribution >= 0.6 is 7.60 Å². The molecule has 2 aromatic carbocycles. The van der Waals surface area contributed by atoms with Gasteiger partial charge in [-0.05, 0) is 12.1 Å². The lowest BCUT2D eigenvalue weighted by molar-refractivity contribution is -0.181. The highest BCUT2D eigenvalue weighted by Crippen LogP contribution is 2.55. The van der Waals surface area contributed by atoms with Gasteiger partial charge in [-0.25, -0.2) is 9.45 Å². The Kier molecular flexibility index (Phi) is 2.71. The van der Waals surface area contributed by atoms with Crippen LogP contribution in [0, 0.1) is 0 Å². The zero-order valence-corrected chi connectivity index (χ0v) is 10.6. The van der Waals surface area contributed by atoms with E-state index in [1.54, 1.807) is 18.2 Å². The first-order chi connectivity index (χ1) is 8.74. The first-order valence-corrected chi connectivity index (χ1v) is 7.00. The third-order valence-corrected chi connectivity index (χ3v) is 4.53. The molecule has 1 atom stereocenters. The van der Waals surface area contributed by atoms with Gasteiger partial charge in [0, 0.05) is 11.1 Å². The van der Waals surface area contributed by atoms with E-state index in [1.165, 1.54) is 7.11 Å². The standard InChI is InChI=1S/C13H11O4P/c1-15-17-18(14)13-9-5-3-7-11(13)10-6-2-4-8-12(10)16-18/h2-9H,1H3. The summed E-state index contributed by atoms with van der Waals surface area (Å²) in [6.45, 7) is 0. The third kappa shape index (κ3) is 1.66. The molecule has 0 amide bonds. The van der Waals surface area contributed by atoms with Gasteiger partial charge in [-0.1, -0.05) is 36.4 Å². The Balaban J connectivity index is 2.26. The molecular formula is C13H11O4P. The molecule has 0 spiro atoms. The van der Waals surface area contributed by atoms with E-state index >= 15 is 0 Å². The van der Waals surface area contributed by atoms with Crippen molar-refractivity contribution < 1.29 is 18.7 Å². The molecule has 0 radical (unpaired) electrons. The van der Waals surface area contributed by atoms with E-state index in [9.17, 15) is 4.57 Å². The second-order valence-corrected chi connectivity index (χ2v) is 5.65. The largest absolute Gasteiger partial charge is 0.438 e. The van der Waals surface area contributed by atoms with Gasteiger partial charge in [-0.15, -0.1) is 4.67 Å². The maximum Gasteiger partial charge on any atom is 0.438 e. The van der Waals surface area contributed by atoms with Gasteiger partial charge >= 0.3 is 7.60 Å². The normalized spacial score (nSPS) is 20.7. The average Bonchev–Trinajstić information content (AvgIpc) is 2.39. The quantitative estimate of drug-likeness (QED) is 0.474. The average molecular weight is 262 g/mol. The van der Waals surface area contributed by atoms with E-state index in [2.05, 4.69) is 4.89 Å². The summed E-state index contributed by atoms with van der Waals surface area (Å²) in [4.78, 5) is 4.57. The molecule has 1 heterocycles. The maximum atomic E-state index is 12.6. The van der Waals surface area contributed by atoms with Gasteiger partial charge in [0.15, 0.2) is 0 Å². The molecule has 5 heteroatoms. The fraction of sp³-hybridized carbons (Fsp3) is 0.0769. The molecule has 0 N–H and O–H groups in total. The topological polar surface area (TPSA) is 44.8 Å². The zero-order chi connectivity index (χ0) is 12.6. The molecular weight excluding hydrogens is 251 g/mol. The van der Waals surface area contributed by atoms with Crippen LogP contribution in [0.1, 0.15) is 0 Å². The van der Waals surface area contributed by atoms with E-state index < -0.39 is 7.60 Å². The van der Waals surface area contributed by atoms with Crippen molar-refractivity contribution in [3.05, 3.63) is 48.5 Å². The van der Waals surface area contributed by atoms with Gasteiger partial charge in [0.2, 0.25) is 0 Å². The van der Waals surface area contributed by atoms with Crippen LogP contribution in [0.3, 0.4) is 0 Å². The Morgan fingerprint density at radius 2 is 1.67 bits per heavy atom. The Labute approximate surface area is 105 Å². The minimum absolute atomic E-state index is 0.519. The monoisotopic (exact) mass is 262 g/mol. The second kappa shape index (κ2) is 4.25. The van der Waals surface area contributed by atoms with E-state index in [-0.39, 0.29) is 0 Å². The van der Waals surface area contributed by atoms with E-state index in [0.717, 1.165) is 11.1 Å². The zero-order valence-electron chi connectivity index (χ0n) is 9.70. The summed E-state index contributed by atoms with van der Waals surface area (Å²) < 4.78 is 23.0. The molecule has 2 aromatic rings. The molecule has 3 rings (SSSR count). The molecule has 4 nitrogen and oxygen atoms in total. The van der Waals surface area contributed by atoms with Gasteiger partial charge in [-0.2, -0.15) is 0 Å². The number of para-hydroxylation sites is 1. The van der Waals surface area contributed by atoms with Crippen molar-refractivity contribution in [1.82, 2.24) is 0 Å². The van der Waals surface area contributed by atoms with Gasteiger partial charge in [0.25, 0.3) is 0 Å². The molecule has 92 valence electrons. The number of rotatable bonds is 2. The Hall–Kier alpha value is -1.61. The third-order valence-electron chi connectivity index (χ3n) is 2.77. The minimum Gasteiger partial charge on any atom is -0.419 e. The van der Waals surface area contributed by atoms with Crippen LogP contribution in [0.4, 0.5) is 0 Å². The fourth-order valence-electron chi connectivity index (χ4n) is 2.04. The van der Waals surface area contributed by atoms with Crippen LogP contribution < -0.4 is 9.83 Å². The molecule has 0 bridgehead atoms. The van der Waals surface area contributed by atoms with Crippen LogP contribution in [-0.2, 0) is 14.1 Å². The maximum absolute atomic E-state index is 12.6. The summed E-state index contributed by atoms with van der Waals surface area (Å²) in [6, 6.07) is 14.7. The molecule has 0 aromatic heterocycles.